The number of hydrogen-bond acceptors (Lipinski definition) is 4. The van der Waals surface area contributed by atoms with Crippen LogP contribution in [-0.2, 0) is 10.0 Å². The van der Waals surface area contributed by atoms with Crippen LogP contribution in [0.5, 0.6) is 0 Å². The highest BCUT2D eigenvalue weighted by Gasteiger charge is 2.33. The third-order valence-electron chi connectivity index (χ3n) is 6.49. The Hall–Kier alpha value is -3.81. The smallest absolute Gasteiger partial charge is 0.266 e. The van der Waals surface area contributed by atoms with Gasteiger partial charge < -0.3 is 0 Å². The first-order valence-electron chi connectivity index (χ1n) is 12.3. The van der Waals surface area contributed by atoms with Gasteiger partial charge in [0.1, 0.15) is 5.82 Å². The predicted octanol–water partition coefficient (Wildman–Crippen LogP) is 5.95. The molecular formula is C30H29N3O3S. The lowest BCUT2D eigenvalue weighted by atomic mass is 10.1. The Kier molecular flexibility index (Phi) is 6.67. The van der Waals surface area contributed by atoms with Crippen molar-refractivity contribution in [3.05, 3.63) is 113 Å². The number of nitrogens with zero attached hydrogens (tertiary/aromatic N) is 3. The molecule has 0 spiro atoms. The first-order valence-corrected chi connectivity index (χ1v) is 13.8. The largest absolute Gasteiger partial charge is 0.268 e. The van der Waals surface area contributed by atoms with E-state index in [1.807, 2.05) is 68.4 Å². The summed E-state index contributed by atoms with van der Waals surface area (Å²) in [5.41, 5.74) is 0.947. The highest BCUT2D eigenvalue weighted by molar-refractivity contribution is 7.89. The molecule has 0 aliphatic heterocycles. The average molecular weight is 512 g/mol. The van der Waals surface area contributed by atoms with Crippen LogP contribution in [0.25, 0.3) is 27.4 Å². The van der Waals surface area contributed by atoms with E-state index in [1.165, 1.54) is 4.31 Å². The molecule has 0 saturated carbocycles. The van der Waals surface area contributed by atoms with Crippen molar-refractivity contribution in [1.29, 1.82) is 0 Å². The molecule has 4 aromatic carbocycles. The lowest BCUT2D eigenvalue weighted by Crippen LogP contribution is -2.39. The molecule has 0 fully saturated rings. The van der Waals surface area contributed by atoms with E-state index in [0.29, 0.717) is 22.4 Å². The van der Waals surface area contributed by atoms with Gasteiger partial charge in [-0.15, -0.1) is 0 Å². The topological polar surface area (TPSA) is 72.3 Å². The van der Waals surface area contributed by atoms with Crippen LogP contribution in [0.3, 0.4) is 0 Å². The summed E-state index contributed by atoms with van der Waals surface area (Å²) in [6.45, 7) is 6.03. The zero-order valence-corrected chi connectivity index (χ0v) is 21.9. The minimum absolute atomic E-state index is 0.0576. The molecule has 7 heteroatoms. The molecule has 6 nitrogen and oxygen atoms in total. The second-order valence-electron chi connectivity index (χ2n) is 9.62. The number of hydrogen-bond donors (Lipinski definition) is 0. The monoisotopic (exact) mass is 511 g/mol. The summed E-state index contributed by atoms with van der Waals surface area (Å²) < 4.78 is 30.8. The fourth-order valence-electron chi connectivity index (χ4n) is 4.68. The van der Waals surface area contributed by atoms with E-state index in [1.54, 1.807) is 54.0 Å². The van der Waals surface area contributed by atoms with Crippen LogP contribution >= 0.6 is 0 Å². The maximum Gasteiger partial charge on any atom is 0.266 e. The maximum atomic E-state index is 13.9. The predicted molar refractivity (Wildman–Crippen MR) is 148 cm³/mol. The van der Waals surface area contributed by atoms with Gasteiger partial charge in [0.15, 0.2) is 0 Å². The summed E-state index contributed by atoms with van der Waals surface area (Å²) in [7, 11) is -3.87. The molecule has 0 amide bonds. The minimum Gasteiger partial charge on any atom is -0.268 e. The number of sulfonamides is 1. The first kappa shape index (κ1) is 24.9. The molecule has 37 heavy (non-hydrogen) atoms. The van der Waals surface area contributed by atoms with Gasteiger partial charge in [-0.1, -0.05) is 74.5 Å². The molecule has 0 bridgehead atoms. The third-order valence-corrected chi connectivity index (χ3v) is 8.44. The van der Waals surface area contributed by atoms with Crippen LogP contribution in [0, 0.1) is 5.92 Å². The van der Waals surface area contributed by atoms with Crippen molar-refractivity contribution in [3.8, 4) is 5.69 Å². The van der Waals surface area contributed by atoms with Gasteiger partial charge in [-0.3, -0.25) is 9.36 Å². The van der Waals surface area contributed by atoms with E-state index in [2.05, 4.69) is 0 Å². The van der Waals surface area contributed by atoms with E-state index in [4.69, 9.17) is 4.98 Å². The second kappa shape index (κ2) is 9.92. The van der Waals surface area contributed by atoms with E-state index in [-0.39, 0.29) is 22.9 Å². The Bertz CT molecular complexity index is 1750. The molecule has 5 aromatic rings. The zero-order valence-electron chi connectivity index (χ0n) is 21.1. The molecule has 0 aliphatic rings. The Morgan fingerprint density at radius 3 is 2.19 bits per heavy atom. The Morgan fingerprint density at radius 1 is 0.811 bits per heavy atom. The van der Waals surface area contributed by atoms with E-state index < -0.39 is 16.1 Å². The number of para-hydroxylation sites is 1. The number of benzene rings is 4. The molecular weight excluding hydrogens is 482 g/mol. The van der Waals surface area contributed by atoms with Crippen LogP contribution in [0.15, 0.2) is 107 Å². The molecule has 0 saturated heterocycles. The second-order valence-corrected chi connectivity index (χ2v) is 11.5. The molecule has 1 aromatic heterocycles. The highest BCUT2D eigenvalue weighted by atomic mass is 32.2. The summed E-state index contributed by atoms with van der Waals surface area (Å²) in [5.74, 6) is 0.432. The first-order chi connectivity index (χ1) is 17.8. The van der Waals surface area contributed by atoms with Crippen molar-refractivity contribution in [2.45, 2.75) is 31.7 Å². The van der Waals surface area contributed by atoms with E-state index in [0.717, 1.165) is 10.8 Å². The molecule has 1 atom stereocenters. The van der Waals surface area contributed by atoms with Crippen LogP contribution < -0.4 is 5.56 Å². The maximum absolute atomic E-state index is 13.9. The Labute approximate surface area is 216 Å². The van der Waals surface area contributed by atoms with Gasteiger partial charge in [-0.05, 0) is 60.0 Å². The fraction of sp³-hybridized carbons (Fsp3) is 0.200. The summed E-state index contributed by atoms with van der Waals surface area (Å²) in [4.78, 5) is 19.0. The van der Waals surface area contributed by atoms with Crippen molar-refractivity contribution < 1.29 is 8.42 Å². The quantitative estimate of drug-likeness (QED) is 0.271. The highest BCUT2D eigenvalue weighted by Crippen LogP contribution is 2.30. The Balaban J connectivity index is 1.76. The van der Waals surface area contributed by atoms with Crippen molar-refractivity contribution in [3.63, 3.8) is 0 Å². The van der Waals surface area contributed by atoms with Gasteiger partial charge in [0, 0.05) is 6.54 Å². The van der Waals surface area contributed by atoms with Gasteiger partial charge in [0.05, 0.1) is 27.5 Å². The summed E-state index contributed by atoms with van der Waals surface area (Å²) in [5, 5.41) is 2.51. The zero-order chi connectivity index (χ0) is 26.2. The van der Waals surface area contributed by atoms with Gasteiger partial charge >= 0.3 is 0 Å². The van der Waals surface area contributed by atoms with Gasteiger partial charge in [0.25, 0.3) is 5.56 Å². The molecule has 5 rings (SSSR count). The van der Waals surface area contributed by atoms with Crippen LogP contribution in [0.1, 0.15) is 32.6 Å². The lowest BCUT2D eigenvalue weighted by molar-refractivity contribution is 0.296. The van der Waals surface area contributed by atoms with Crippen molar-refractivity contribution in [2.75, 3.05) is 6.54 Å². The fourth-order valence-corrected chi connectivity index (χ4v) is 6.45. The average Bonchev–Trinajstić information content (AvgIpc) is 2.91. The van der Waals surface area contributed by atoms with Crippen molar-refractivity contribution in [1.82, 2.24) is 13.9 Å². The number of fused-ring (bicyclic) bond motifs is 2. The van der Waals surface area contributed by atoms with Crippen LogP contribution in [0.2, 0.25) is 0 Å². The third kappa shape index (κ3) is 4.68. The standard InChI is InChI=1S/C30H29N3O3S/c1-21(2)20-32(37(35,36)26-13-5-4-6-14-26)22(3)29-31-28-16-10-9-15-27(28)30(34)33(29)25-18-17-23-11-7-8-12-24(23)19-25/h4-19,21-22H,20H2,1-3H3. The Morgan fingerprint density at radius 2 is 1.46 bits per heavy atom. The minimum atomic E-state index is -3.87. The SMILES string of the molecule is CC(C)CN(C(C)c1nc2ccccc2c(=O)n1-c1ccc2ccccc2c1)S(=O)(=O)c1ccccc1. The molecule has 0 radical (unpaired) electrons. The van der Waals surface area contributed by atoms with Crippen LogP contribution in [-0.4, -0.2) is 28.8 Å². The van der Waals surface area contributed by atoms with Gasteiger partial charge in [0.2, 0.25) is 10.0 Å². The molecule has 1 unspecified atom stereocenters. The van der Waals surface area contributed by atoms with Crippen molar-refractivity contribution >= 4 is 31.7 Å². The van der Waals surface area contributed by atoms with E-state index in [9.17, 15) is 13.2 Å². The molecule has 0 N–H and O–H groups in total. The van der Waals surface area contributed by atoms with Crippen LogP contribution in [0.4, 0.5) is 0 Å². The van der Waals surface area contributed by atoms with E-state index >= 15 is 0 Å². The normalized spacial score (nSPS) is 13.0. The number of aromatic nitrogens is 2. The number of rotatable bonds is 7. The summed E-state index contributed by atoms with van der Waals surface area (Å²) in [6.07, 6.45) is 0. The molecule has 0 aliphatic carbocycles. The van der Waals surface area contributed by atoms with Crippen molar-refractivity contribution in [2.24, 2.45) is 5.92 Å². The van der Waals surface area contributed by atoms with Gasteiger partial charge in [-0.2, -0.15) is 4.31 Å². The molecule has 188 valence electrons. The van der Waals surface area contributed by atoms with Gasteiger partial charge in [-0.25, -0.2) is 13.4 Å². The summed E-state index contributed by atoms with van der Waals surface area (Å²) in [6, 6.07) is 28.6. The summed E-state index contributed by atoms with van der Waals surface area (Å²) >= 11 is 0. The lowest BCUT2D eigenvalue weighted by Gasteiger charge is -2.31. The molecule has 1 heterocycles.